The van der Waals surface area contributed by atoms with Crippen LogP contribution < -0.4 is 10.6 Å². The van der Waals surface area contributed by atoms with Gasteiger partial charge < -0.3 is 15.2 Å². The van der Waals surface area contributed by atoms with Crippen molar-refractivity contribution in [3.05, 3.63) is 71.5 Å². The number of benzene rings is 2. The lowest BCUT2D eigenvalue weighted by Crippen LogP contribution is -2.26. The van der Waals surface area contributed by atoms with Crippen molar-refractivity contribution in [1.29, 1.82) is 0 Å². The summed E-state index contributed by atoms with van der Waals surface area (Å²) in [5.41, 5.74) is 2.96. The number of amides is 2. The van der Waals surface area contributed by atoms with E-state index in [4.69, 9.17) is 0 Å². The second-order valence-corrected chi connectivity index (χ2v) is 7.73. The standard InChI is InChI=1S/C22H25N5O2S/c1-3-16-9-11-18(12-10-16)24-21(29)15-30-22-26-25-19(27(22)2)14-23-20(28)13-17-7-5-4-6-8-17/h4-12H,3,13-15H2,1-2H3,(H,23,28)(H,24,29). The number of aryl methyl sites for hydroxylation is 1. The van der Waals surface area contributed by atoms with Crippen molar-refractivity contribution in [2.75, 3.05) is 11.1 Å². The first-order valence-electron chi connectivity index (χ1n) is 9.75. The molecule has 8 heteroatoms. The first kappa shape index (κ1) is 21.6. The average Bonchev–Trinajstić information content (AvgIpc) is 3.11. The molecule has 0 saturated heterocycles. The lowest BCUT2D eigenvalue weighted by atomic mass is 10.1. The molecule has 156 valence electrons. The summed E-state index contributed by atoms with van der Waals surface area (Å²) >= 11 is 1.30. The molecule has 7 nitrogen and oxygen atoms in total. The van der Waals surface area contributed by atoms with Crippen molar-refractivity contribution in [2.24, 2.45) is 7.05 Å². The van der Waals surface area contributed by atoms with Crippen LogP contribution in [0.4, 0.5) is 5.69 Å². The van der Waals surface area contributed by atoms with E-state index in [1.807, 2.05) is 61.6 Å². The van der Waals surface area contributed by atoms with Gasteiger partial charge in [0, 0.05) is 12.7 Å². The molecular weight excluding hydrogens is 398 g/mol. The minimum Gasteiger partial charge on any atom is -0.349 e. The summed E-state index contributed by atoms with van der Waals surface area (Å²) in [6, 6.07) is 17.4. The van der Waals surface area contributed by atoms with E-state index in [2.05, 4.69) is 27.8 Å². The van der Waals surface area contributed by atoms with Gasteiger partial charge in [-0.3, -0.25) is 9.59 Å². The predicted molar refractivity (Wildman–Crippen MR) is 118 cm³/mol. The Morgan fingerprint density at radius 1 is 0.967 bits per heavy atom. The molecule has 0 unspecified atom stereocenters. The van der Waals surface area contributed by atoms with E-state index in [1.54, 1.807) is 4.57 Å². The van der Waals surface area contributed by atoms with Gasteiger partial charge in [-0.1, -0.05) is 61.2 Å². The maximum Gasteiger partial charge on any atom is 0.234 e. The molecule has 1 aromatic heterocycles. The normalized spacial score (nSPS) is 10.6. The molecule has 0 atom stereocenters. The summed E-state index contributed by atoms with van der Waals surface area (Å²) in [5, 5.41) is 14.6. The van der Waals surface area contributed by atoms with Gasteiger partial charge in [-0.2, -0.15) is 0 Å². The number of thioether (sulfide) groups is 1. The molecule has 3 aromatic rings. The van der Waals surface area contributed by atoms with Crippen LogP contribution in [-0.4, -0.2) is 32.3 Å². The lowest BCUT2D eigenvalue weighted by Gasteiger charge is -2.07. The van der Waals surface area contributed by atoms with Gasteiger partial charge in [0.05, 0.1) is 18.7 Å². The third kappa shape index (κ3) is 6.18. The van der Waals surface area contributed by atoms with Crippen molar-refractivity contribution in [3.63, 3.8) is 0 Å². The minimum absolute atomic E-state index is 0.0770. The zero-order chi connectivity index (χ0) is 21.3. The van der Waals surface area contributed by atoms with Crippen LogP contribution in [0.15, 0.2) is 59.8 Å². The number of carbonyl (C=O) groups is 2. The second kappa shape index (κ2) is 10.6. The molecule has 0 radical (unpaired) electrons. The lowest BCUT2D eigenvalue weighted by molar-refractivity contribution is -0.120. The fourth-order valence-electron chi connectivity index (χ4n) is 2.80. The van der Waals surface area contributed by atoms with Gasteiger partial charge in [0.15, 0.2) is 11.0 Å². The van der Waals surface area contributed by atoms with E-state index < -0.39 is 0 Å². The number of carbonyl (C=O) groups excluding carboxylic acids is 2. The van der Waals surface area contributed by atoms with Crippen molar-refractivity contribution in [3.8, 4) is 0 Å². The molecule has 2 N–H and O–H groups in total. The summed E-state index contributed by atoms with van der Waals surface area (Å²) < 4.78 is 1.79. The number of anilines is 1. The number of nitrogens with one attached hydrogen (secondary N) is 2. The Kier molecular flexibility index (Phi) is 7.62. The number of aromatic nitrogens is 3. The fourth-order valence-corrected chi connectivity index (χ4v) is 3.53. The maximum absolute atomic E-state index is 12.2. The first-order chi connectivity index (χ1) is 14.5. The molecule has 0 aliphatic heterocycles. The van der Waals surface area contributed by atoms with Crippen LogP contribution in [0.25, 0.3) is 0 Å². The molecule has 0 saturated carbocycles. The summed E-state index contributed by atoms with van der Waals surface area (Å²) in [4.78, 5) is 24.3. The summed E-state index contributed by atoms with van der Waals surface area (Å²) in [6.45, 7) is 2.37. The van der Waals surface area contributed by atoms with E-state index >= 15 is 0 Å². The van der Waals surface area contributed by atoms with Crippen LogP contribution >= 0.6 is 11.8 Å². The topological polar surface area (TPSA) is 88.9 Å². The van der Waals surface area contributed by atoms with E-state index in [0.717, 1.165) is 17.7 Å². The molecular formula is C22H25N5O2S. The Balaban J connectivity index is 1.46. The van der Waals surface area contributed by atoms with Crippen molar-refractivity contribution in [1.82, 2.24) is 20.1 Å². The van der Waals surface area contributed by atoms with Gasteiger partial charge in [-0.25, -0.2) is 0 Å². The van der Waals surface area contributed by atoms with Crippen LogP contribution in [0.2, 0.25) is 0 Å². The fraction of sp³-hybridized carbons (Fsp3) is 0.273. The Bertz CT molecular complexity index is 987. The highest BCUT2D eigenvalue weighted by Crippen LogP contribution is 2.17. The molecule has 0 aliphatic rings. The quantitative estimate of drug-likeness (QED) is 0.517. The largest absolute Gasteiger partial charge is 0.349 e. The van der Waals surface area contributed by atoms with E-state index in [0.29, 0.717) is 17.4 Å². The number of hydrogen-bond acceptors (Lipinski definition) is 5. The zero-order valence-corrected chi connectivity index (χ0v) is 17.9. The molecule has 1 heterocycles. The first-order valence-corrected chi connectivity index (χ1v) is 10.7. The molecule has 0 bridgehead atoms. The van der Waals surface area contributed by atoms with Crippen LogP contribution in [0.3, 0.4) is 0 Å². The third-order valence-corrected chi connectivity index (χ3v) is 5.57. The average molecular weight is 424 g/mol. The predicted octanol–water partition coefficient (Wildman–Crippen LogP) is 2.97. The highest BCUT2D eigenvalue weighted by molar-refractivity contribution is 7.99. The Morgan fingerprint density at radius 3 is 2.40 bits per heavy atom. The zero-order valence-electron chi connectivity index (χ0n) is 17.1. The highest BCUT2D eigenvalue weighted by Gasteiger charge is 2.13. The van der Waals surface area contributed by atoms with Gasteiger partial charge in [-0.15, -0.1) is 10.2 Å². The van der Waals surface area contributed by atoms with Crippen molar-refractivity contribution >= 4 is 29.3 Å². The molecule has 2 aromatic carbocycles. The van der Waals surface area contributed by atoms with Gasteiger partial charge in [-0.05, 0) is 29.7 Å². The van der Waals surface area contributed by atoms with Crippen molar-refractivity contribution < 1.29 is 9.59 Å². The van der Waals surface area contributed by atoms with Crippen molar-refractivity contribution in [2.45, 2.75) is 31.5 Å². The molecule has 0 spiro atoms. The van der Waals surface area contributed by atoms with Gasteiger partial charge in [0.25, 0.3) is 0 Å². The summed E-state index contributed by atoms with van der Waals surface area (Å²) in [7, 11) is 1.82. The Morgan fingerprint density at radius 2 is 1.70 bits per heavy atom. The second-order valence-electron chi connectivity index (χ2n) is 6.78. The molecule has 0 fully saturated rings. The number of rotatable bonds is 9. The summed E-state index contributed by atoms with van der Waals surface area (Å²) in [6.07, 6.45) is 1.28. The SMILES string of the molecule is CCc1ccc(NC(=O)CSc2nnc(CNC(=O)Cc3ccccc3)n2C)cc1. The molecule has 2 amide bonds. The van der Waals surface area contributed by atoms with Crippen LogP contribution in [0, 0.1) is 0 Å². The van der Waals surface area contributed by atoms with Crippen LogP contribution in [0.1, 0.15) is 23.9 Å². The monoisotopic (exact) mass is 423 g/mol. The third-order valence-electron chi connectivity index (χ3n) is 4.55. The number of hydrogen-bond donors (Lipinski definition) is 2. The number of nitrogens with zero attached hydrogens (tertiary/aromatic N) is 3. The van der Waals surface area contributed by atoms with Crippen LogP contribution in [-0.2, 0) is 36.0 Å². The van der Waals surface area contributed by atoms with E-state index in [9.17, 15) is 9.59 Å². The van der Waals surface area contributed by atoms with Gasteiger partial charge in [0.2, 0.25) is 11.8 Å². The van der Waals surface area contributed by atoms with Gasteiger partial charge >= 0.3 is 0 Å². The molecule has 3 rings (SSSR count). The smallest absolute Gasteiger partial charge is 0.234 e. The molecule has 30 heavy (non-hydrogen) atoms. The highest BCUT2D eigenvalue weighted by atomic mass is 32.2. The Labute approximate surface area is 180 Å². The van der Waals surface area contributed by atoms with Crippen LogP contribution in [0.5, 0.6) is 0 Å². The van der Waals surface area contributed by atoms with E-state index in [-0.39, 0.29) is 24.1 Å². The minimum atomic E-state index is -0.107. The Hall–Kier alpha value is -3.13. The maximum atomic E-state index is 12.2. The van der Waals surface area contributed by atoms with Gasteiger partial charge in [0.1, 0.15) is 0 Å². The van der Waals surface area contributed by atoms with E-state index in [1.165, 1.54) is 17.3 Å². The molecule has 0 aliphatic carbocycles. The summed E-state index contributed by atoms with van der Waals surface area (Å²) in [5.74, 6) is 0.674.